The van der Waals surface area contributed by atoms with Gasteiger partial charge in [-0.2, -0.15) is 0 Å². The Kier molecular flexibility index (Phi) is 4.33. The second kappa shape index (κ2) is 6.57. The topological polar surface area (TPSA) is 77.5 Å². The van der Waals surface area contributed by atoms with Crippen molar-refractivity contribution in [1.29, 1.82) is 0 Å². The molecule has 124 valence electrons. The number of aromatic nitrogens is 1. The average molecular weight is 330 g/mol. The molecule has 24 heavy (non-hydrogen) atoms. The van der Waals surface area contributed by atoms with Crippen LogP contribution in [-0.4, -0.2) is 18.2 Å². The molecule has 0 spiro atoms. The van der Waals surface area contributed by atoms with Gasteiger partial charge in [0.2, 0.25) is 5.88 Å². The van der Waals surface area contributed by atoms with Crippen molar-refractivity contribution in [3.8, 4) is 11.3 Å². The maximum atomic E-state index is 13.4. The van der Waals surface area contributed by atoms with E-state index in [1.165, 1.54) is 25.3 Å². The number of benzene rings is 1. The minimum absolute atomic E-state index is 0.103. The molecule has 0 saturated carbocycles. The lowest BCUT2D eigenvalue weighted by atomic mass is 10.1. The summed E-state index contributed by atoms with van der Waals surface area (Å²) in [5, 5.41) is 6.82. The number of furan rings is 1. The Bertz CT molecular complexity index is 869. The zero-order valence-corrected chi connectivity index (χ0v) is 13.1. The third-order valence-electron chi connectivity index (χ3n) is 3.40. The number of methoxy groups -OCH3 is 1. The molecule has 0 aliphatic rings. The number of carbonyl (C=O) groups is 1. The maximum absolute atomic E-state index is 13.4. The number of halogens is 1. The average Bonchev–Trinajstić information content (AvgIpc) is 3.18. The van der Waals surface area contributed by atoms with Gasteiger partial charge in [-0.15, -0.1) is 0 Å². The quantitative estimate of drug-likeness (QED) is 0.717. The van der Waals surface area contributed by atoms with Crippen molar-refractivity contribution >= 4 is 11.9 Å². The highest BCUT2D eigenvalue weighted by atomic mass is 19.1. The summed E-state index contributed by atoms with van der Waals surface area (Å²) >= 11 is 0. The zero-order valence-electron chi connectivity index (χ0n) is 13.1. The predicted molar refractivity (Wildman–Crippen MR) is 84.0 cm³/mol. The summed E-state index contributed by atoms with van der Waals surface area (Å²) in [6, 6.07) is 9.37. The fourth-order valence-corrected chi connectivity index (χ4v) is 2.28. The molecule has 0 unspecified atom stereocenters. The Morgan fingerprint density at radius 2 is 2.17 bits per heavy atom. The summed E-state index contributed by atoms with van der Waals surface area (Å²) in [6.07, 6.45) is 0. The first-order valence-electron chi connectivity index (χ1n) is 7.21. The fourth-order valence-electron chi connectivity index (χ4n) is 2.28. The van der Waals surface area contributed by atoms with Gasteiger partial charge in [-0.05, 0) is 31.2 Å². The largest absolute Gasteiger partial charge is 0.465 e. The number of carbonyl (C=O) groups excluding carboxylic acids is 1. The molecule has 3 aromatic rings. The van der Waals surface area contributed by atoms with Crippen molar-refractivity contribution in [2.45, 2.75) is 13.5 Å². The van der Waals surface area contributed by atoms with Crippen LogP contribution in [0.4, 0.5) is 10.3 Å². The van der Waals surface area contributed by atoms with Crippen LogP contribution in [0.25, 0.3) is 11.3 Å². The van der Waals surface area contributed by atoms with Gasteiger partial charge < -0.3 is 19.0 Å². The maximum Gasteiger partial charge on any atom is 0.345 e. The van der Waals surface area contributed by atoms with Crippen LogP contribution in [0, 0.1) is 12.7 Å². The van der Waals surface area contributed by atoms with E-state index < -0.39 is 11.8 Å². The molecule has 0 aliphatic heterocycles. The highest BCUT2D eigenvalue weighted by molar-refractivity contribution is 6.00. The van der Waals surface area contributed by atoms with Crippen molar-refractivity contribution < 1.29 is 22.9 Å². The molecule has 0 fully saturated rings. The molecule has 0 atom stereocenters. The van der Waals surface area contributed by atoms with E-state index in [0.717, 1.165) is 5.76 Å². The Labute approximate surface area is 137 Å². The van der Waals surface area contributed by atoms with Crippen molar-refractivity contribution in [2.75, 3.05) is 12.4 Å². The molecule has 2 aromatic heterocycles. The van der Waals surface area contributed by atoms with E-state index in [-0.39, 0.29) is 17.1 Å². The highest BCUT2D eigenvalue weighted by Gasteiger charge is 2.25. The molecule has 0 bridgehead atoms. The molecule has 7 heteroatoms. The molecule has 6 nitrogen and oxygen atoms in total. The van der Waals surface area contributed by atoms with Gasteiger partial charge in [0, 0.05) is 5.56 Å². The van der Waals surface area contributed by atoms with E-state index in [2.05, 4.69) is 10.5 Å². The molecule has 0 radical (unpaired) electrons. The van der Waals surface area contributed by atoms with Gasteiger partial charge in [0.1, 0.15) is 23.0 Å². The normalized spacial score (nSPS) is 10.6. The van der Waals surface area contributed by atoms with Gasteiger partial charge >= 0.3 is 5.97 Å². The minimum Gasteiger partial charge on any atom is -0.465 e. The number of esters is 1. The Balaban J connectivity index is 1.93. The minimum atomic E-state index is -0.631. The Morgan fingerprint density at radius 3 is 2.83 bits per heavy atom. The van der Waals surface area contributed by atoms with E-state index in [9.17, 15) is 9.18 Å². The van der Waals surface area contributed by atoms with Crippen LogP contribution in [0.15, 0.2) is 45.3 Å². The summed E-state index contributed by atoms with van der Waals surface area (Å²) < 4.78 is 28.9. The van der Waals surface area contributed by atoms with Crippen molar-refractivity contribution in [3.05, 3.63) is 59.3 Å². The third kappa shape index (κ3) is 3.15. The van der Waals surface area contributed by atoms with Gasteiger partial charge in [-0.25, -0.2) is 9.18 Å². The zero-order chi connectivity index (χ0) is 17.1. The molecular weight excluding hydrogens is 315 g/mol. The van der Waals surface area contributed by atoms with Gasteiger partial charge in [-0.3, -0.25) is 0 Å². The standard InChI is InChI=1S/C17H15FN2O4/c1-10-6-7-13(23-10)9-19-16-14(17(21)22-2)15(20-24-16)11-4-3-5-12(18)8-11/h3-8,19H,9H2,1-2H3. The van der Waals surface area contributed by atoms with Gasteiger partial charge in [-0.1, -0.05) is 17.3 Å². The van der Waals surface area contributed by atoms with Crippen molar-refractivity contribution in [2.24, 2.45) is 0 Å². The van der Waals surface area contributed by atoms with Crippen LogP contribution in [-0.2, 0) is 11.3 Å². The molecule has 3 rings (SSSR count). The molecule has 1 N–H and O–H groups in total. The molecule has 0 aliphatic carbocycles. The lowest BCUT2D eigenvalue weighted by Gasteiger charge is -2.04. The van der Waals surface area contributed by atoms with Crippen LogP contribution in [0.1, 0.15) is 21.9 Å². The first-order chi connectivity index (χ1) is 11.6. The van der Waals surface area contributed by atoms with Crippen LogP contribution < -0.4 is 5.32 Å². The molecule has 2 heterocycles. The summed E-state index contributed by atoms with van der Waals surface area (Å²) in [5.74, 6) is 0.515. The number of hydrogen-bond donors (Lipinski definition) is 1. The molecule has 1 aromatic carbocycles. The number of nitrogens with zero attached hydrogens (tertiary/aromatic N) is 1. The lowest BCUT2D eigenvalue weighted by Crippen LogP contribution is -2.07. The van der Waals surface area contributed by atoms with Crippen LogP contribution in [0.3, 0.4) is 0 Å². The SMILES string of the molecule is COC(=O)c1c(-c2cccc(F)c2)noc1NCc1ccc(C)o1. The lowest BCUT2D eigenvalue weighted by molar-refractivity contribution is 0.0602. The van der Waals surface area contributed by atoms with Crippen molar-refractivity contribution in [1.82, 2.24) is 5.16 Å². The van der Waals surface area contributed by atoms with Crippen LogP contribution in [0.5, 0.6) is 0 Å². The van der Waals surface area contributed by atoms with Gasteiger partial charge in [0.15, 0.2) is 5.56 Å². The van der Waals surface area contributed by atoms with Gasteiger partial charge in [0.25, 0.3) is 0 Å². The van der Waals surface area contributed by atoms with E-state index in [4.69, 9.17) is 13.7 Å². The van der Waals surface area contributed by atoms with E-state index >= 15 is 0 Å². The fraction of sp³-hybridized carbons (Fsp3) is 0.176. The number of nitrogens with one attached hydrogen (secondary N) is 1. The number of rotatable bonds is 5. The summed E-state index contributed by atoms with van der Waals surface area (Å²) in [5.41, 5.74) is 0.729. The molecule has 0 saturated heterocycles. The first kappa shape index (κ1) is 15.8. The number of hydrogen-bond acceptors (Lipinski definition) is 6. The second-order valence-electron chi connectivity index (χ2n) is 5.10. The van der Waals surface area contributed by atoms with E-state index in [1.54, 1.807) is 6.07 Å². The molecular formula is C17H15FN2O4. The van der Waals surface area contributed by atoms with Crippen LogP contribution in [0.2, 0.25) is 0 Å². The van der Waals surface area contributed by atoms with E-state index in [1.807, 2.05) is 19.1 Å². The second-order valence-corrected chi connectivity index (χ2v) is 5.10. The van der Waals surface area contributed by atoms with Gasteiger partial charge in [0.05, 0.1) is 13.7 Å². The third-order valence-corrected chi connectivity index (χ3v) is 3.40. The monoisotopic (exact) mass is 330 g/mol. The Hall–Kier alpha value is -3.09. The predicted octanol–water partition coefficient (Wildman–Crippen LogP) is 3.78. The summed E-state index contributed by atoms with van der Waals surface area (Å²) in [4.78, 5) is 12.1. The molecule has 0 amide bonds. The number of aryl methyl sites for hydroxylation is 1. The Morgan fingerprint density at radius 1 is 1.33 bits per heavy atom. The summed E-state index contributed by atoms with van der Waals surface area (Å²) in [6.45, 7) is 2.13. The highest BCUT2D eigenvalue weighted by Crippen LogP contribution is 2.30. The smallest absolute Gasteiger partial charge is 0.345 e. The van der Waals surface area contributed by atoms with Crippen LogP contribution >= 0.6 is 0 Å². The van der Waals surface area contributed by atoms with Crippen molar-refractivity contribution in [3.63, 3.8) is 0 Å². The number of ether oxygens (including phenoxy) is 1. The van der Waals surface area contributed by atoms with E-state index in [0.29, 0.717) is 17.9 Å². The number of anilines is 1. The summed E-state index contributed by atoms with van der Waals surface area (Å²) in [7, 11) is 1.25. The first-order valence-corrected chi connectivity index (χ1v) is 7.21.